The second kappa shape index (κ2) is 12.5. The maximum Gasteiger partial charge on any atom is 0.391 e. The highest BCUT2D eigenvalue weighted by molar-refractivity contribution is 7.39. The van der Waals surface area contributed by atoms with Crippen molar-refractivity contribution in [2.24, 2.45) is 0 Å². The van der Waals surface area contributed by atoms with Gasteiger partial charge in [0.05, 0.1) is 0 Å². The molecule has 0 heterocycles. The number of benzene rings is 6. The third-order valence-electron chi connectivity index (χ3n) is 9.31. The molecule has 6 rings (SSSR count). The van der Waals surface area contributed by atoms with Crippen LogP contribution >= 0.6 is 8.60 Å². The molecular weight excluding hydrogens is 607 g/mol. The van der Waals surface area contributed by atoms with Gasteiger partial charge in [0, 0.05) is 11.1 Å². The van der Waals surface area contributed by atoms with Crippen LogP contribution in [0, 0.1) is 0 Å². The molecule has 2 N–H and O–H groups in total. The van der Waals surface area contributed by atoms with Gasteiger partial charge in [-0.1, -0.05) is 147 Å². The summed E-state index contributed by atoms with van der Waals surface area (Å²) < 4.78 is 5.96. The summed E-state index contributed by atoms with van der Waals surface area (Å²) >= 11 is 0. The summed E-state index contributed by atoms with van der Waals surface area (Å²) in [5.41, 5.74) is 9.43. The second-order valence-corrected chi connectivity index (χ2v) is 16.7. The Morgan fingerprint density at radius 3 is 1.75 bits per heavy atom. The first-order valence-corrected chi connectivity index (χ1v) is 17.9. The van der Waals surface area contributed by atoms with Crippen molar-refractivity contribution in [1.82, 2.24) is 0 Å². The van der Waals surface area contributed by atoms with E-state index in [0.717, 1.165) is 44.2 Å². The molecule has 0 unspecified atom stereocenters. The van der Waals surface area contributed by atoms with E-state index >= 15 is 0 Å². The zero-order valence-corrected chi connectivity index (χ0v) is 30.5. The smallest absolute Gasteiger partial charge is 0.391 e. The summed E-state index contributed by atoms with van der Waals surface area (Å²) in [6.45, 7) is 20.4. The van der Waals surface area contributed by atoms with E-state index in [-0.39, 0.29) is 16.2 Å². The Bertz CT molecular complexity index is 2120. The number of hydrogen-bond acceptors (Lipinski definition) is 3. The Balaban J connectivity index is 1.82. The molecule has 6 aromatic rings. The fourth-order valence-corrected chi connectivity index (χ4v) is 7.14. The Labute approximate surface area is 287 Å². The van der Waals surface area contributed by atoms with Gasteiger partial charge in [0.2, 0.25) is 0 Å². The van der Waals surface area contributed by atoms with Gasteiger partial charge in [0.1, 0.15) is 5.75 Å². The van der Waals surface area contributed by atoms with Crippen LogP contribution in [0.5, 0.6) is 5.75 Å². The maximum absolute atomic E-state index is 10.3. The van der Waals surface area contributed by atoms with Gasteiger partial charge < -0.3 is 14.3 Å². The van der Waals surface area contributed by atoms with Gasteiger partial charge in [-0.2, -0.15) is 0 Å². The summed E-state index contributed by atoms with van der Waals surface area (Å²) in [7, 11) is -2.67. The Morgan fingerprint density at radius 1 is 0.479 bits per heavy atom. The van der Waals surface area contributed by atoms with Gasteiger partial charge in [-0.25, -0.2) is 0 Å². The van der Waals surface area contributed by atoms with Crippen LogP contribution in [0.4, 0.5) is 0 Å². The first kappa shape index (κ1) is 33.9. The molecule has 0 spiro atoms. The minimum atomic E-state index is -2.67. The third kappa shape index (κ3) is 6.65. The minimum Gasteiger partial charge on any atom is -0.426 e. The van der Waals surface area contributed by atoms with Crippen LogP contribution in [0.2, 0.25) is 0 Å². The van der Waals surface area contributed by atoms with Gasteiger partial charge in [-0.3, -0.25) is 0 Å². The monoisotopic (exact) mass is 654 g/mol. The minimum absolute atomic E-state index is 0.0114. The summed E-state index contributed by atoms with van der Waals surface area (Å²) in [6, 6.07) is 38.8. The molecule has 0 radical (unpaired) electrons. The topological polar surface area (TPSA) is 49.7 Å². The van der Waals surface area contributed by atoms with E-state index in [1.54, 1.807) is 0 Å². The Kier molecular flexibility index (Phi) is 8.79. The molecule has 0 aliphatic rings. The Hall–Kier alpha value is -4.01. The first-order chi connectivity index (χ1) is 22.5. The SMILES string of the molecule is CC(C)(C)c1cc(C(C)(C)C)c2cc(-c3c(OP(O)O)ccc(-c4ccccc4)c3-c3ccc4ccccc4c3)c(C(C)(C)C)cc2c1. The maximum atomic E-state index is 10.3. The summed E-state index contributed by atoms with van der Waals surface area (Å²) in [4.78, 5) is 20.6. The van der Waals surface area contributed by atoms with E-state index < -0.39 is 8.60 Å². The van der Waals surface area contributed by atoms with Crippen molar-refractivity contribution in [3.05, 3.63) is 126 Å². The van der Waals surface area contributed by atoms with Crippen molar-refractivity contribution >= 4 is 30.1 Å². The molecule has 0 bridgehead atoms. The summed E-state index contributed by atoms with van der Waals surface area (Å²) in [5, 5.41) is 4.70. The molecule has 0 atom stereocenters. The van der Waals surface area contributed by atoms with Gasteiger partial charge in [0.25, 0.3) is 0 Å². The lowest BCUT2D eigenvalue weighted by Crippen LogP contribution is -2.18. The predicted octanol–water partition coefficient (Wildman–Crippen LogP) is 12.5. The second-order valence-electron chi connectivity index (χ2n) is 16.0. The van der Waals surface area contributed by atoms with Crippen molar-refractivity contribution in [2.45, 2.75) is 78.6 Å². The highest BCUT2D eigenvalue weighted by Gasteiger charge is 2.29. The van der Waals surface area contributed by atoms with Crippen molar-refractivity contribution in [1.29, 1.82) is 0 Å². The van der Waals surface area contributed by atoms with Crippen LogP contribution in [0.15, 0.2) is 109 Å². The van der Waals surface area contributed by atoms with E-state index in [0.29, 0.717) is 5.75 Å². The third-order valence-corrected chi connectivity index (χ3v) is 9.67. The Morgan fingerprint density at radius 2 is 1.12 bits per heavy atom. The van der Waals surface area contributed by atoms with Crippen LogP contribution in [-0.2, 0) is 16.2 Å². The first-order valence-electron chi connectivity index (χ1n) is 16.7. The molecule has 3 nitrogen and oxygen atoms in total. The molecule has 4 heteroatoms. The molecule has 246 valence electrons. The predicted molar refractivity (Wildman–Crippen MR) is 206 cm³/mol. The van der Waals surface area contributed by atoms with E-state index in [1.165, 1.54) is 27.5 Å². The van der Waals surface area contributed by atoms with Crippen molar-refractivity contribution in [2.75, 3.05) is 0 Å². The van der Waals surface area contributed by atoms with E-state index in [1.807, 2.05) is 18.2 Å². The van der Waals surface area contributed by atoms with Crippen LogP contribution in [0.25, 0.3) is 54.9 Å². The van der Waals surface area contributed by atoms with E-state index in [4.69, 9.17) is 4.52 Å². The molecule has 0 fully saturated rings. The molecule has 0 aliphatic carbocycles. The molecule has 0 aromatic heterocycles. The molecule has 48 heavy (non-hydrogen) atoms. The van der Waals surface area contributed by atoms with E-state index in [9.17, 15) is 9.79 Å². The highest BCUT2D eigenvalue weighted by atomic mass is 31.2. The molecule has 0 saturated heterocycles. The molecule has 0 amide bonds. The highest BCUT2D eigenvalue weighted by Crippen LogP contribution is 2.51. The van der Waals surface area contributed by atoms with Gasteiger partial charge in [-0.05, 0) is 101 Å². The van der Waals surface area contributed by atoms with Crippen LogP contribution < -0.4 is 4.52 Å². The largest absolute Gasteiger partial charge is 0.426 e. The summed E-state index contributed by atoms with van der Waals surface area (Å²) in [6.07, 6.45) is 0. The molecule has 0 saturated carbocycles. The zero-order chi connectivity index (χ0) is 34.6. The molecule has 6 aromatic carbocycles. The summed E-state index contributed by atoms with van der Waals surface area (Å²) in [5.74, 6) is 0.447. The van der Waals surface area contributed by atoms with Crippen LogP contribution in [0.3, 0.4) is 0 Å². The fraction of sp³-hybridized carbons (Fsp3) is 0.273. The van der Waals surface area contributed by atoms with Crippen molar-refractivity contribution in [3.63, 3.8) is 0 Å². The lowest BCUT2D eigenvalue weighted by Gasteiger charge is -2.31. The van der Waals surface area contributed by atoms with Crippen molar-refractivity contribution in [3.8, 4) is 39.1 Å². The number of fused-ring (bicyclic) bond motifs is 2. The molecular formula is C44H47O3P. The van der Waals surface area contributed by atoms with Crippen molar-refractivity contribution < 1.29 is 14.3 Å². The van der Waals surface area contributed by atoms with Gasteiger partial charge in [-0.15, -0.1) is 0 Å². The average molecular weight is 655 g/mol. The quantitative estimate of drug-likeness (QED) is 0.182. The zero-order valence-electron chi connectivity index (χ0n) is 29.6. The number of hydrogen-bond donors (Lipinski definition) is 2. The lowest BCUT2D eigenvalue weighted by atomic mass is 9.74. The number of rotatable bonds is 5. The molecule has 0 aliphatic heterocycles. The standard InChI is InChI=1S/C44H47O3P/c1-42(2,3)33-24-32-25-37(43(4,5)6)36(27-35(32)38(26-33)44(7,8)9)41-39(47-48(45)46)22-21-34(29-16-11-10-12-17-29)40(41)31-20-19-28-15-13-14-18-30(28)23-31/h10-27,45-46H,1-9H3. The normalized spacial score (nSPS) is 12.7. The lowest BCUT2D eigenvalue weighted by molar-refractivity contribution is 0.375. The van der Waals surface area contributed by atoms with Gasteiger partial charge >= 0.3 is 8.60 Å². The van der Waals surface area contributed by atoms with Gasteiger partial charge in [0.15, 0.2) is 0 Å². The average Bonchev–Trinajstić information content (AvgIpc) is 3.02. The fourth-order valence-electron chi connectivity index (χ4n) is 6.81. The van der Waals surface area contributed by atoms with E-state index in [2.05, 4.69) is 153 Å². The van der Waals surface area contributed by atoms with Crippen LogP contribution in [-0.4, -0.2) is 9.79 Å². The van der Waals surface area contributed by atoms with Crippen LogP contribution in [0.1, 0.15) is 79.0 Å².